The van der Waals surface area contributed by atoms with Crippen molar-refractivity contribution in [1.29, 1.82) is 0 Å². The SMILES string of the molecule is Cc1ccnc2c(C)cc(C(=O)O)cc12. The van der Waals surface area contributed by atoms with Crippen molar-refractivity contribution in [2.45, 2.75) is 13.8 Å². The Labute approximate surface area is 87.4 Å². The van der Waals surface area contributed by atoms with E-state index in [0.717, 1.165) is 22.0 Å². The van der Waals surface area contributed by atoms with Crippen LogP contribution in [-0.4, -0.2) is 16.1 Å². The van der Waals surface area contributed by atoms with Gasteiger partial charge < -0.3 is 5.11 Å². The normalized spacial score (nSPS) is 10.5. The first-order valence-electron chi connectivity index (χ1n) is 4.69. The molecule has 1 aromatic carbocycles. The van der Waals surface area contributed by atoms with Gasteiger partial charge in [-0.1, -0.05) is 0 Å². The van der Waals surface area contributed by atoms with Gasteiger partial charge in [0.15, 0.2) is 0 Å². The maximum absolute atomic E-state index is 10.9. The minimum absolute atomic E-state index is 0.316. The quantitative estimate of drug-likeness (QED) is 0.771. The Bertz CT molecular complexity index is 547. The van der Waals surface area contributed by atoms with E-state index in [1.165, 1.54) is 0 Å². The van der Waals surface area contributed by atoms with Crippen LogP contribution in [0.1, 0.15) is 21.5 Å². The minimum Gasteiger partial charge on any atom is -0.478 e. The van der Waals surface area contributed by atoms with Gasteiger partial charge in [0.25, 0.3) is 0 Å². The number of benzene rings is 1. The van der Waals surface area contributed by atoms with E-state index in [0.29, 0.717) is 5.56 Å². The third kappa shape index (κ3) is 1.56. The van der Waals surface area contributed by atoms with E-state index in [4.69, 9.17) is 5.11 Å². The first-order chi connectivity index (χ1) is 7.09. The number of aryl methyl sites for hydroxylation is 2. The lowest BCUT2D eigenvalue weighted by atomic mass is 10.0. The number of fused-ring (bicyclic) bond motifs is 1. The Hall–Kier alpha value is -1.90. The monoisotopic (exact) mass is 201 g/mol. The Balaban J connectivity index is 2.85. The molecule has 2 rings (SSSR count). The fourth-order valence-electron chi connectivity index (χ4n) is 1.69. The molecule has 0 bridgehead atoms. The molecule has 0 atom stereocenters. The van der Waals surface area contributed by atoms with Crippen LogP contribution in [0.5, 0.6) is 0 Å². The largest absolute Gasteiger partial charge is 0.478 e. The lowest BCUT2D eigenvalue weighted by Crippen LogP contribution is -1.98. The molecule has 3 heteroatoms. The fourth-order valence-corrected chi connectivity index (χ4v) is 1.69. The molecule has 0 unspecified atom stereocenters. The number of aromatic carboxylic acids is 1. The molecule has 0 aliphatic carbocycles. The summed E-state index contributed by atoms with van der Waals surface area (Å²) in [6.45, 7) is 3.83. The van der Waals surface area contributed by atoms with E-state index in [9.17, 15) is 4.79 Å². The predicted molar refractivity (Wildman–Crippen MR) is 58.2 cm³/mol. The van der Waals surface area contributed by atoms with Crippen LogP contribution in [-0.2, 0) is 0 Å². The molecule has 1 aromatic heterocycles. The molecule has 76 valence electrons. The molecule has 2 aromatic rings. The lowest BCUT2D eigenvalue weighted by molar-refractivity contribution is 0.0697. The molecule has 0 aliphatic heterocycles. The van der Waals surface area contributed by atoms with Crippen molar-refractivity contribution >= 4 is 16.9 Å². The predicted octanol–water partition coefficient (Wildman–Crippen LogP) is 2.55. The molecule has 0 fully saturated rings. The molecule has 0 amide bonds. The summed E-state index contributed by atoms with van der Waals surface area (Å²) in [5.41, 5.74) is 3.14. The van der Waals surface area contributed by atoms with Crippen molar-refractivity contribution in [3.8, 4) is 0 Å². The van der Waals surface area contributed by atoms with E-state index >= 15 is 0 Å². The second kappa shape index (κ2) is 3.35. The van der Waals surface area contributed by atoms with Gasteiger partial charge in [-0.15, -0.1) is 0 Å². The summed E-state index contributed by atoms with van der Waals surface area (Å²) in [6.07, 6.45) is 1.74. The highest BCUT2D eigenvalue weighted by atomic mass is 16.4. The summed E-state index contributed by atoms with van der Waals surface area (Å²) in [4.78, 5) is 15.1. The molecule has 0 aliphatic rings. The fraction of sp³-hybridized carbons (Fsp3) is 0.167. The van der Waals surface area contributed by atoms with E-state index in [1.54, 1.807) is 18.3 Å². The molecule has 0 radical (unpaired) electrons. The van der Waals surface area contributed by atoms with Crippen LogP contribution in [0.2, 0.25) is 0 Å². The molecule has 0 spiro atoms. The second-order valence-corrected chi connectivity index (χ2v) is 3.62. The highest BCUT2D eigenvalue weighted by molar-refractivity contribution is 5.95. The van der Waals surface area contributed by atoms with Crippen molar-refractivity contribution in [3.63, 3.8) is 0 Å². The standard InChI is InChI=1S/C12H11NO2/c1-7-3-4-13-11-8(2)5-9(12(14)15)6-10(7)11/h3-6H,1-2H3,(H,14,15). The van der Waals surface area contributed by atoms with Gasteiger partial charge in [0.1, 0.15) is 0 Å². The zero-order valence-corrected chi connectivity index (χ0v) is 8.61. The summed E-state index contributed by atoms with van der Waals surface area (Å²) in [5, 5.41) is 9.85. The Morgan fingerprint density at radius 2 is 2.00 bits per heavy atom. The van der Waals surface area contributed by atoms with Gasteiger partial charge in [0.2, 0.25) is 0 Å². The second-order valence-electron chi connectivity index (χ2n) is 3.62. The Morgan fingerprint density at radius 1 is 1.27 bits per heavy atom. The van der Waals surface area contributed by atoms with Crippen LogP contribution < -0.4 is 0 Å². The number of carboxylic acid groups (broad SMARTS) is 1. The number of aromatic nitrogens is 1. The molecule has 1 N–H and O–H groups in total. The first kappa shape index (κ1) is 9.65. The van der Waals surface area contributed by atoms with Crippen LogP contribution in [0.3, 0.4) is 0 Å². The topological polar surface area (TPSA) is 50.2 Å². The van der Waals surface area contributed by atoms with Crippen LogP contribution in [0.15, 0.2) is 24.4 Å². The number of hydrogen-bond acceptors (Lipinski definition) is 2. The highest BCUT2D eigenvalue weighted by Crippen LogP contribution is 2.21. The number of rotatable bonds is 1. The van der Waals surface area contributed by atoms with Crippen LogP contribution in [0.25, 0.3) is 10.9 Å². The number of nitrogens with zero attached hydrogens (tertiary/aromatic N) is 1. The third-order valence-electron chi connectivity index (χ3n) is 2.50. The number of pyridine rings is 1. The van der Waals surface area contributed by atoms with Crippen LogP contribution in [0.4, 0.5) is 0 Å². The lowest BCUT2D eigenvalue weighted by Gasteiger charge is -2.05. The van der Waals surface area contributed by atoms with Gasteiger partial charge in [-0.05, 0) is 43.2 Å². The smallest absolute Gasteiger partial charge is 0.335 e. The molecule has 0 saturated carbocycles. The third-order valence-corrected chi connectivity index (χ3v) is 2.50. The van der Waals surface area contributed by atoms with Crippen molar-refractivity contribution in [1.82, 2.24) is 4.98 Å². The molecule has 1 heterocycles. The summed E-state index contributed by atoms with van der Waals surface area (Å²) in [5.74, 6) is -0.900. The van der Waals surface area contributed by atoms with Gasteiger partial charge in [0.05, 0.1) is 11.1 Å². The summed E-state index contributed by atoms with van der Waals surface area (Å²) in [7, 11) is 0. The van der Waals surface area contributed by atoms with Crippen LogP contribution >= 0.6 is 0 Å². The van der Waals surface area contributed by atoms with E-state index in [1.807, 2.05) is 19.9 Å². The van der Waals surface area contributed by atoms with Gasteiger partial charge >= 0.3 is 5.97 Å². The van der Waals surface area contributed by atoms with Crippen LogP contribution in [0, 0.1) is 13.8 Å². The zero-order chi connectivity index (χ0) is 11.0. The van der Waals surface area contributed by atoms with Gasteiger partial charge in [-0.3, -0.25) is 4.98 Å². The van der Waals surface area contributed by atoms with E-state index in [2.05, 4.69) is 4.98 Å². The Kier molecular flexibility index (Phi) is 2.15. The summed E-state index contributed by atoms with van der Waals surface area (Å²) in [6, 6.07) is 5.21. The zero-order valence-electron chi connectivity index (χ0n) is 8.61. The maximum atomic E-state index is 10.9. The van der Waals surface area contributed by atoms with E-state index in [-0.39, 0.29) is 0 Å². The summed E-state index contributed by atoms with van der Waals surface area (Å²) < 4.78 is 0. The van der Waals surface area contributed by atoms with Crippen molar-refractivity contribution in [2.75, 3.05) is 0 Å². The molecular weight excluding hydrogens is 190 g/mol. The summed E-state index contributed by atoms with van der Waals surface area (Å²) >= 11 is 0. The molecule has 15 heavy (non-hydrogen) atoms. The number of carboxylic acids is 1. The Morgan fingerprint density at radius 3 is 2.67 bits per heavy atom. The van der Waals surface area contributed by atoms with Crippen molar-refractivity contribution in [2.24, 2.45) is 0 Å². The number of carbonyl (C=O) groups is 1. The average molecular weight is 201 g/mol. The van der Waals surface area contributed by atoms with Gasteiger partial charge in [-0.25, -0.2) is 4.79 Å². The van der Waals surface area contributed by atoms with Gasteiger partial charge in [0, 0.05) is 11.6 Å². The average Bonchev–Trinajstić information content (AvgIpc) is 2.19. The minimum atomic E-state index is -0.900. The van der Waals surface area contributed by atoms with Crippen molar-refractivity contribution < 1.29 is 9.90 Å². The molecular formula is C12H11NO2. The number of hydrogen-bond donors (Lipinski definition) is 1. The first-order valence-corrected chi connectivity index (χ1v) is 4.69. The van der Waals surface area contributed by atoms with Gasteiger partial charge in [-0.2, -0.15) is 0 Å². The maximum Gasteiger partial charge on any atom is 0.335 e. The van der Waals surface area contributed by atoms with Crippen molar-refractivity contribution in [3.05, 3.63) is 41.1 Å². The van der Waals surface area contributed by atoms with E-state index < -0.39 is 5.97 Å². The highest BCUT2D eigenvalue weighted by Gasteiger charge is 2.08. The molecule has 3 nitrogen and oxygen atoms in total. The molecule has 0 saturated heterocycles.